The van der Waals surface area contributed by atoms with E-state index in [-0.39, 0.29) is 13.2 Å². The molecule has 0 heterocycles. The maximum Gasteiger partial charge on any atom is 0.322 e. The summed E-state index contributed by atoms with van der Waals surface area (Å²) < 4.78 is 29.6. The van der Waals surface area contributed by atoms with Crippen molar-refractivity contribution in [2.75, 3.05) is 32.1 Å². The Kier molecular flexibility index (Phi) is 6.01. The summed E-state index contributed by atoms with van der Waals surface area (Å²) in [6.07, 6.45) is -2.65. The Morgan fingerprint density at radius 1 is 1.53 bits per heavy atom. The Bertz CT molecular complexity index is 416. The van der Waals surface area contributed by atoms with Gasteiger partial charge in [0.2, 0.25) is 0 Å². The highest BCUT2D eigenvalue weighted by molar-refractivity contribution is 5.89. The first-order valence-corrected chi connectivity index (χ1v) is 5.65. The molecule has 0 spiro atoms. The van der Waals surface area contributed by atoms with Gasteiger partial charge in [0, 0.05) is 18.3 Å². The first kappa shape index (κ1) is 15.2. The number of rotatable bonds is 6. The van der Waals surface area contributed by atoms with E-state index in [9.17, 15) is 13.6 Å². The number of hydrogen-bond donors (Lipinski definition) is 2. The minimum Gasteiger partial charge on any atom is -0.497 e. The second kappa shape index (κ2) is 7.52. The predicted molar refractivity (Wildman–Crippen MR) is 66.7 cm³/mol. The average Bonchev–Trinajstić information content (AvgIpc) is 2.38. The van der Waals surface area contributed by atoms with Crippen LogP contribution in [-0.4, -0.2) is 49.3 Å². The van der Waals surface area contributed by atoms with Crippen molar-refractivity contribution in [2.45, 2.75) is 6.43 Å². The largest absolute Gasteiger partial charge is 0.497 e. The fraction of sp³-hybridized carbons (Fsp3) is 0.417. The van der Waals surface area contributed by atoms with Crippen LogP contribution in [-0.2, 0) is 0 Å². The lowest BCUT2D eigenvalue weighted by Crippen LogP contribution is -2.40. The zero-order chi connectivity index (χ0) is 14.3. The van der Waals surface area contributed by atoms with Crippen LogP contribution >= 0.6 is 0 Å². The van der Waals surface area contributed by atoms with Crippen LogP contribution in [0.4, 0.5) is 19.3 Å². The predicted octanol–water partition coefficient (Wildman–Crippen LogP) is 1.79. The molecular weight excluding hydrogens is 258 g/mol. The molecule has 0 bridgehead atoms. The van der Waals surface area contributed by atoms with E-state index in [1.807, 2.05) is 0 Å². The molecule has 1 aromatic carbocycles. The maximum absolute atomic E-state index is 12.3. The quantitative estimate of drug-likeness (QED) is 0.831. The Balaban J connectivity index is 2.69. The van der Waals surface area contributed by atoms with E-state index in [1.54, 1.807) is 24.3 Å². The maximum atomic E-state index is 12.3. The van der Waals surface area contributed by atoms with Gasteiger partial charge < -0.3 is 20.1 Å². The molecule has 1 rings (SSSR count). The van der Waals surface area contributed by atoms with Crippen molar-refractivity contribution in [3.63, 3.8) is 0 Å². The van der Waals surface area contributed by atoms with E-state index in [1.165, 1.54) is 7.11 Å². The zero-order valence-electron chi connectivity index (χ0n) is 10.5. The number of urea groups is 1. The van der Waals surface area contributed by atoms with Gasteiger partial charge >= 0.3 is 6.03 Å². The molecule has 0 atom stereocenters. The highest BCUT2D eigenvalue weighted by Gasteiger charge is 2.17. The number of nitrogens with zero attached hydrogens (tertiary/aromatic N) is 1. The minimum atomic E-state index is -2.65. The lowest BCUT2D eigenvalue weighted by molar-refractivity contribution is 0.0943. The van der Waals surface area contributed by atoms with Gasteiger partial charge in [0.1, 0.15) is 5.75 Å². The van der Waals surface area contributed by atoms with Gasteiger partial charge in [-0.1, -0.05) is 6.07 Å². The fourth-order valence-electron chi connectivity index (χ4n) is 1.47. The van der Waals surface area contributed by atoms with Crippen molar-refractivity contribution in [1.82, 2.24) is 4.90 Å². The number of amides is 2. The first-order chi connectivity index (χ1) is 9.06. The number of anilines is 1. The van der Waals surface area contributed by atoms with Gasteiger partial charge in [0.25, 0.3) is 6.43 Å². The van der Waals surface area contributed by atoms with E-state index in [2.05, 4.69) is 5.32 Å². The highest BCUT2D eigenvalue weighted by atomic mass is 19.3. The molecule has 2 N–H and O–H groups in total. The van der Waals surface area contributed by atoms with Crippen LogP contribution in [0.1, 0.15) is 0 Å². The molecule has 2 amide bonds. The van der Waals surface area contributed by atoms with E-state index in [0.29, 0.717) is 11.4 Å². The molecule has 0 unspecified atom stereocenters. The van der Waals surface area contributed by atoms with E-state index >= 15 is 0 Å². The van der Waals surface area contributed by atoms with Crippen LogP contribution in [0, 0.1) is 0 Å². The fourth-order valence-corrected chi connectivity index (χ4v) is 1.47. The Morgan fingerprint density at radius 2 is 2.26 bits per heavy atom. The summed E-state index contributed by atoms with van der Waals surface area (Å²) in [7, 11) is 1.48. The molecule has 0 radical (unpaired) electrons. The summed E-state index contributed by atoms with van der Waals surface area (Å²) in [5, 5.41) is 11.2. The summed E-state index contributed by atoms with van der Waals surface area (Å²) in [6.45, 7) is -1.26. The number of hydrogen-bond acceptors (Lipinski definition) is 3. The summed E-state index contributed by atoms with van der Waals surface area (Å²) >= 11 is 0. The Morgan fingerprint density at radius 3 is 2.84 bits per heavy atom. The number of aliphatic hydroxyl groups excluding tert-OH is 1. The van der Waals surface area contributed by atoms with Gasteiger partial charge in [-0.2, -0.15) is 0 Å². The molecule has 5 nitrogen and oxygen atoms in total. The third kappa shape index (κ3) is 5.09. The van der Waals surface area contributed by atoms with E-state index in [0.717, 1.165) is 4.90 Å². The van der Waals surface area contributed by atoms with Crippen molar-refractivity contribution < 1.29 is 23.4 Å². The van der Waals surface area contributed by atoms with Gasteiger partial charge in [0.15, 0.2) is 0 Å². The number of methoxy groups -OCH3 is 1. The Hall–Kier alpha value is -1.89. The van der Waals surface area contributed by atoms with Crippen LogP contribution in [0.3, 0.4) is 0 Å². The van der Waals surface area contributed by atoms with Gasteiger partial charge in [-0.3, -0.25) is 0 Å². The molecule has 0 aromatic heterocycles. The summed E-state index contributed by atoms with van der Waals surface area (Å²) in [6, 6.07) is 5.85. The van der Waals surface area contributed by atoms with E-state index in [4.69, 9.17) is 9.84 Å². The number of carbonyl (C=O) groups excluding carboxylic acids is 1. The standard InChI is InChI=1S/C12H16F2N2O3/c1-19-10-4-2-3-9(7-10)15-12(18)16(5-6-17)8-11(13)14/h2-4,7,11,17H,5-6,8H2,1H3,(H,15,18). The number of halogens is 2. The number of nitrogens with one attached hydrogen (secondary N) is 1. The molecule has 0 aliphatic rings. The van der Waals surface area contributed by atoms with Gasteiger partial charge in [-0.05, 0) is 12.1 Å². The van der Waals surface area contributed by atoms with Crippen molar-refractivity contribution >= 4 is 11.7 Å². The number of aliphatic hydroxyl groups is 1. The number of ether oxygens (including phenoxy) is 1. The molecule has 0 aliphatic carbocycles. The summed E-state index contributed by atoms with van der Waals surface area (Å²) in [5.74, 6) is 0.542. The number of alkyl halides is 2. The third-order valence-corrected chi connectivity index (χ3v) is 2.34. The smallest absolute Gasteiger partial charge is 0.322 e. The average molecular weight is 274 g/mol. The molecule has 0 saturated carbocycles. The van der Waals surface area contributed by atoms with Crippen molar-refractivity contribution in [3.8, 4) is 5.75 Å². The SMILES string of the molecule is COc1cccc(NC(=O)N(CCO)CC(F)F)c1. The summed E-state index contributed by atoms with van der Waals surface area (Å²) in [4.78, 5) is 12.6. The zero-order valence-corrected chi connectivity index (χ0v) is 10.5. The monoisotopic (exact) mass is 274 g/mol. The van der Waals surface area contributed by atoms with Gasteiger partial charge in [-0.15, -0.1) is 0 Å². The molecule has 0 fully saturated rings. The lowest BCUT2D eigenvalue weighted by atomic mass is 10.3. The number of carbonyl (C=O) groups is 1. The lowest BCUT2D eigenvalue weighted by Gasteiger charge is -2.21. The highest BCUT2D eigenvalue weighted by Crippen LogP contribution is 2.17. The van der Waals surface area contributed by atoms with E-state index < -0.39 is 19.0 Å². The topological polar surface area (TPSA) is 61.8 Å². The van der Waals surface area contributed by atoms with Crippen molar-refractivity contribution in [3.05, 3.63) is 24.3 Å². The van der Waals surface area contributed by atoms with Crippen LogP contribution in [0.2, 0.25) is 0 Å². The van der Waals surface area contributed by atoms with Crippen LogP contribution in [0.25, 0.3) is 0 Å². The summed E-state index contributed by atoms with van der Waals surface area (Å²) in [5.41, 5.74) is 0.432. The van der Waals surface area contributed by atoms with Crippen molar-refractivity contribution in [1.29, 1.82) is 0 Å². The molecular formula is C12H16F2N2O3. The number of benzene rings is 1. The van der Waals surface area contributed by atoms with Crippen LogP contribution in [0.15, 0.2) is 24.3 Å². The second-order valence-corrected chi connectivity index (χ2v) is 3.72. The molecule has 19 heavy (non-hydrogen) atoms. The van der Waals surface area contributed by atoms with Crippen LogP contribution in [0.5, 0.6) is 5.75 Å². The van der Waals surface area contributed by atoms with Crippen molar-refractivity contribution in [2.24, 2.45) is 0 Å². The van der Waals surface area contributed by atoms with Crippen LogP contribution < -0.4 is 10.1 Å². The van der Waals surface area contributed by atoms with Gasteiger partial charge in [0.05, 0.1) is 20.3 Å². The first-order valence-electron chi connectivity index (χ1n) is 5.65. The van der Waals surface area contributed by atoms with Gasteiger partial charge in [-0.25, -0.2) is 13.6 Å². The minimum absolute atomic E-state index is 0.153. The normalized spacial score (nSPS) is 10.4. The molecule has 7 heteroatoms. The molecule has 0 aliphatic heterocycles. The molecule has 1 aromatic rings. The third-order valence-electron chi connectivity index (χ3n) is 2.34. The second-order valence-electron chi connectivity index (χ2n) is 3.72. The molecule has 0 saturated heterocycles. The Labute approximate surface area is 109 Å². The molecule has 106 valence electrons.